The summed E-state index contributed by atoms with van der Waals surface area (Å²) in [6.07, 6.45) is 2.52. The highest BCUT2D eigenvalue weighted by atomic mass is 35.5. The van der Waals surface area contributed by atoms with E-state index in [4.69, 9.17) is 11.6 Å². The van der Waals surface area contributed by atoms with Gasteiger partial charge in [-0.25, -0.2) is 0 Å². The molecule has 0 aliphatic carbocycles. The second-order valence-corrected chi connectivity index (χ2v) is 4.04. The van der Waals surface area contributed by atoms with E-state index >= 15 is 0 Å². The first-order chi connectivity index (χ1) is 7.34. The first-order valence-electron chi connectivity index (χ1n) is 4.45. The Morgan fingerprint density at radius 3 is 3.13 bits per heavy atom. The number of halogens is 1. The quantitative estimate of drug-likeness (QED) is 0.891. The van der Waals surface area contributed by atoms with Gasteiger partial charge in [0, 0.05) is 6.54 Å². The number of hydrogen-bond acceptors (Lipinski definition) is 5. The molecule has 78 valence electrons. The topological polar surface area (TPSA) is 50.7 Å². The Morgan fingerprint density at radius 2 is 2.40 bits per heavy atom. The van der Waals surface area contributed by atoms with Crippen LogP contribution >= 0.6 is 22.9 Å². The maximum atomic E-state index is 5.60. The van der Waals surface area contributed by atoms with Crippen LogP contribution in [0.2, 0.25) is 5.28 Å². The van der Waals surface area contributed by atoms with Crippen molar-refractivity contribution in [1.82, 2.24) is 15.2 Å². The summed E-state index contributed by atoms with van der Waals surface area (Å²) in [4.78, 5) is 3.98. The number of nitrogens with one attached hydrogen (secondary N) is 1. The molecule has 0 bridgehead atoms. The van der Waals surface area contributed by atoms with Crippen molar-refractivity contribution in [2.24, 2.45) is 0 Å². The number of nitrogens with zero attached hydrogens (tertiary/aromatic N) is 3. The van der Waals surface area contributed by atoms with Crippen LogP contribution in [0.3, 0.4) is 0 Å². The van der Waals surface area contributed by atoms with Gasteiger partial charge in [0.05, 0.1) is 6.20 Å². The van der Waals surface area contributed by atoms with Crippen molar-refractivity contribution in [1.29, 1.82) is 0 Å². The van der Waals surface area contributed by atoms with E-state index in [0.717, 1.165) is 13.0 Å². The van der Waals surface area contributed by atoms with Gasteiger partial charge in [-0.05, 0) is 40.4 Å². The summed E-state index contributed by atoms with van der Waals surface area (Å²) in [5.41, 5.74) is 1.32. The molecule has 0 atom stereocenters. The summed E-state index contributed by atoms with van der Waals surface area (Å²) in [6, 6.07) is 2.11. The first-order valence-corrected chi connectivity index (χ1v) is 5.77. The summed E-state index contributed by atoms with van der Waals surface area (Å²) >= 11 is 7.30. The highest BCUT2D eigenvalue weighted by Crippen LogP contribution is 2.07. The molecular formula is C9H9ClN4S. The molecule has 0 saturated heterocycles. The molecule has 6 heteroatoms. The van der Waals surface area contributed by atoms with E-state index in [0.29, 0.717) is 5.82 Å². The normalized spacial score (nSPS) is 10.2. The van der Waals surface area contributed by atoms with Crippen LogP contribution in [0.4, 0.5) is 5.82 Å². The van der Waals surface area contributed by atoms with Crippen molar-refractivity contribution in [3.05, 3.63) is 33.9 Å². The Morgan fingerprint density at radius 1 is 1.47 bits per heavy atom. The molecule has 0 amide bonds. The zero-order valence-corrected chi connectivity index (χ0v) is 9.42. The molecule has 2 aromatic rings. The summed E-state index contributed by atoms with van der Waals surface area (Å²) in [5.74, 6) is 0.658. The van der Waals surface area contributed by atoms with Crippen molar-refractivity contribution < 1.29 is 0 Å². The van der Waals surface area contributed by atoms with Gasteiger partial charge in [0.15, 0.2) is 0 Å². The summed E-state index contributed by atoms with van der Waals surface area (Å²) in [7, 11) is 0. The molecular weight excluding hydrogens is 232 g/mol. The highest BCUT2D eigenvalue weighted by Gasteiger charge is 1.97. The third-order valence-corrected chi connectivity index (χ3v) is 2.73. The van der Waals surface area contributed by atoms with E-state index < -0.39 is 0 Å². The Bertz CT molecular complexity index is 418. The average Bonchev–Trinajstić information content (AvgIpc) is 2.71. The summed E-state index contributed by atoms with van der Waals surface area (Å²) in [5, 5.41) is 14.8. The standard InChI is InChI=1S/C9H9ClN4S/c10-9-13-8(5-12-14-9)11-3-1-7-2-4-15-6-7/h2,4-6H,1,3H2,(H,11,13,14). The van der Waals surface area contributed by atoms with Crippen molar-refractivity contribution in [3.63, 3.8) is 0 Å². The minimum atomic E-state index is 0.163. The Balaban J connectivity index is 1.83. The average molecular weight is 241 g/mol. The molecule has 0 radical (unpaired) electrons. The van der Waals surface area contributed by atoms with Crippen molar-refractivity contribution in [2.45, 2.75) is 6.42 Å². The second-order valence-electron chi connectivity index (χ2n) is 2.92. The van der Waals surface area contributed by atoms with Crippen LogP contribution in [0.5, 0.6) is 0 Å². The van der Waals surface area contributed by atoms with Crippen LogP contribution in [0.25, 0.3) is 0 Å². The number of hydrogen-bond donors (Lipinski definition) is 1. The third-order valence-electron chi connectivity index (χ3n) is 1.83. The molecule has 1 N–H and O–H groups in total. The lowest BCUT2D eigenvalue weighted by molar-refractivity contribution is 0.945. The lowest BCUT2D eigenvalue weighted by Crippen LogP contribution is -2.06. The van der Waals surface area contributed by atoms with E-state index in [1.54, 1.807) is 17.5 Å². The fourth-order valence-corrected chi connectivity index (χ4v) is 1.97. The molecule has 0 saturated carbocycles. The van der Waals surface area contributed by atoms with Crippen LogP contribution in [0.1, 0.15) is 5.56 Å². The molecule has 0 aliphatic rings. The van der Waals surface area contributed by atoms with E-state index in [-0.39, 0.29) is 5.28 Å². The fraction of sp³-hybridized carbons (Fsp3) is 0.222. The van der Waals surface area contributed by atoms with Gasteiger partial charge >= 0.3 is 0 Å². The lowest BCUT2D eigenvalue weighted by atomic mass is 10.2. The smallest absolute Gasteiger partial charge is 0.244 e. The molecule has 2 heterocycles. The van der Waals surface area contributed by atoms with Crippen LogP contribution in [0, 0.1) is 0 Å². The van der Waals surface area contributed by atoms with Gasteiger partial charge < -0.3 is 5.32 Å². The summed E-state index contributed by atoms with van der Waals surface area (Å²) < 4.78 is 0. The SMILES string of the molecule is Clc1nncc(NCCc2ccsc2)n1. The predicted molar refractivity (Wildman–Crippen MR) is 61.3 cm³/mol. The van der Waals surface area contributed by atoms with Crippen LogP contribution < -0.4 is 5.32 Å². The van der Waals surface area contributed by atoms with E-state index in [1.807, 2.05) is 0 Å². The molecule has 0 unspecified atom stereocenters. The van der Waals surface area contributed by atoms with Gasteiger partial charge in [0.1, 0.15) is 5.82 Å². The second kappa shape index (κ2) is 5.04. The monoisotopic (exact) mass is 240 g/mol. The van der Waals surface area contributed by atoms with Gasteiger partial charge in [0.25, 0.3) is 0 Å². The minimum absolute atomic E-state index is 0.163. The molecule has 15 heavy (non-hydrogen) atoms. The minimum Gasteiger partial charge on any atom is -0.368 e. The first kappa shape index (κ1) is 10.3. The molecule has 2 rings (SSSR count). The van der Waals surface area contributed by atoms with Gasteiger partial charge in [-0.3, -0.25) is 0 Å². The van der Waals surface area contributed by atoms with Crippen LogP contribution in [0.15, 0.2) is 23.0 Å². The molecule has 0 fully saturated rings. The maximum Gasteiger partial charge on any atom is 0.244 e. The number of rotatable bonds is 4. The van der Waals surface area contributed by atoms with Crippen LogP contribution in [-0.2, 0) is 6.42 Å². The fourth-order valence-electron chi connectivity index (χ4n) is 1.14. The van der Waals surface area contributed by atoms with Gasteiger partial charge in [-0.2, -0.15) is 21.4 Å². The van der Waals surface area contributed by atoms with Gasteiger partial charge in [-0.1, -0.05) is 0 Å². The number of thiophene rings is 1. The zero-order valence-electron chi connectivity index (χ0n) is 7.85. The molecule has 0 aromatic carbocycles. The van der Waals surface area contributed by atoms with E-state index in [2.05, 4.69) is 37.3 Å². The molecule has 0 aliphatic heterocycles. The van der Waals surface area contributed by atoms with Crippen molar-refractivity contribution in [2.75, 3.05) is 11.9 Å². The largest absolute Gasteiger partial charge is 0.368 e. The predicted octanol–water partition coefficient (Wildman–Crippen LogP) is 2.24. The lowest BCUT2D eigenvalue weighted by Gasteiger charge is -2.02. The van der Waals surface area contributed by atoms with E-state index in [1.165, 1.54) is 5.56 Å². The van der Waals surface area contributed by atoms with E-state index in [9.17, 15) is 0 Å². The van der Waals surface area contributed by atoms with Gasteiger partial charge in [0.2, 0.25) is 5.28 Å². The Labute approximate surface area is 96.3 Å². The number of anilines is 1. The maximum absolute atomic E-state index is 5.60. The zero-order chi connectivity index (χ0) is 10.5. The Hall–Kier alpha value is -1.20. The van der Waals surface area contributed by atoms with Crippen molar-refractivity contribution in [3.8, 4) is 0 Å². The van der Waals surface area contributed by atoms with Crippen molar-refractivity contribution >= 4 is 28.8 Å². The summed E-state index contributed by atoms with van der Waals surface area (Å²) in [6.45, 7) is 0.811. The molecule has 2 aromatic heterocycles. The van der Waals surface area contributed by atoms with Crippen LogP contribution in [-0.4, -0.2) is 21.7 Å². The number of aromatic nitrogens is 3. The Kier molecular flexibility index (Phi) is 3.47. The molecule has 0 spiro atoms. The third kappa shape index (κ3) is 3.14. The highest BCUT2D eigenvalue weighted by molar-refractivity contribution is 7.07. The van der Waals surface area contributed by atoms with Gasteiger partial charge in [-0.15, -0.1) is 5.10 Å². The molecule has 4 nitrogen and oxygen atoms in total.